The lowest BCUT2D eigenvalue weighted by atomic mass is 9.89. The van der Waals surface area contributed by atoms with Gasteiger partial charge < -0.3 is 10.1 Å². The molecular formula is C39H50N2O3S. The monoisotopic (exact) mass is 626 g/mol. The van der Waals surface area contributed by atoms with E-state index < -0.39 is 16.1 Å². The molecular weight excluding hydrogens is 577 g/mol. The van der Waals surface area contributed by atoms with Crippen LogP contribution in [0.15, 0.2) is 102 Å². The topological polar surface area (TPSA) is 67.4 Å². The Morgan fingerprint density at radius 2 is 1.16 bits per heavy atom. The van der Waals surface area contributed by atoms with Crippen LogP contribution in [-0.2, 0) is 21.4 Å². The molecule has 0 unspecified atom stereocenters. The van der Waals surface area contributed by atoms with E-state index in [-0.39, 0.29) is 17.9 Å². The van der Waals surface area contributed by atoms with Gasteiger partial charge in [0.2, 0.25) is 10.0 Å². The van der Waals surface area contributed by atoms with E-state index in [0.29, 0.717) is 30.6 Å². The van der Waals surface area contributed by atoms with Gasteiger partial charge in [-0.05, 0) is 58.1 Å². The zero-order chi connectivity index (χ0) is 32.6. The lowest BCUT2D eigenvalue weighted by Crippen LogP contribution is -2.40. The minimum atomic E-state index is -3.95. The Bertz CT molecular complexity index is 1570. The van der Waals surface area contributed by atoms with Crippen molar-refractivity contribution in [1.82, 2.24) is 10.0 Å². The molecule has 240 valence electrons. The molecule has 4 aromatic rings. The molecule has 4 rings (SSSR count). The van der Waals surface area contributed by atoms with Crippen molar-refractivity contribution in [2.24, 2.45) is 0 Å². The number of benzene rings is 4. The maximum absolute atomic E-state index is 14.7. The van der Waals surface area contributed by atoms with E-state index in [1.54, 1.807) is 0 Å². The van der Waals surface area contributed by atoms with Crippen molar-refractivity contribution in [2.45, 2.75) is 89.8 Å². The highest BCUT2D eigenvalue weighted by atomic mass is 32.2. The van der Waals surface area contributed by atoms with Gasteiger partial charge in [-0.25, -0.2) is 13.1 Å². The highest BCUT2D eigenvalue weighted by Crippen LogP contribution is 2.37. The minimum Gasteiger partial charge on any atom is -0.375 e. The lowest BCUT2D eigenvalue weighted by Gasteiger charge is -2.31. The summed E-state index contributed by atoms with van der Waals surface area (Å²) >= 11 is 0. The fourth-order valence-corrected chi connectivity index (χ4v) is 7.60. The third-order valence-electron chi connectivity index (χ3n) is 8.28. The Morgan fingerprint density at radius 1 is 0.644 bits per heavy atom. The van der Waals surface area contributed by atoms with E-state index >= 15 is 0 Å². The van der Waals surface area contributed by atoms with Gasteiger partial charge in [-0.2, -0.15) is 0 Å². The van der Waals surface area contributed by atoms with Gasteiger partial charge in [-0.1, -0.05) is 144 Å². The van der Waals surface area contributed by atoms with E-state index in [9.17, 15) is 8.42 Å². The molecule has 0 aromatic heterocycles. The van der Waals surface area contributed by atoms with E-state index in [1.165, 1.54) is 5.56 Å². The van der Waals surface area contributed by atoms with E-state index in [1.807, 2.05) is 60.7 Å². The molecule has 0 bridgehead atoms. The number of nitrogens with one attached hydrogen (secondary N) is 2. The molecule has 0 aliphatic carbocycles. The Morgan fingerprint density at radius 3 is 1.64 bits per heavy atom. The minimum absolute atomic E-state index is 0.0386. The van der Waals surface area contributed by atoms with Crippen molar-refractivity contribution in [1.29, 1.82) is 0 Å². The summed E-state index contributed by atoms with van der Waals surface area (Å²) in [6.07, 6.45) is 0. The highest BCUT2D eigenvalue weighted by Gasteiger charge is 2.33. The zero-order valence-electron chi connectivity index (χ0n) is 27.9. The van der Waals surface area contributed by atoms with Crippen LogP contribution in [0.3, 0.4) is 0 Å². The first kappa shape index (κ1) is 34.6. The summed E-state index contributed by atoms with van der Waals surface area (Å²) in [5.41, 5.74) is 7.11. The number of hydrogen-bond donors (Lipinski definition) is 2. The predicted molar refractivity (Wildman–Crippen MR) is 186 cm³/mol. The predicted octanol–water partition coefficient (Wildman–Crippen LogP) is 8.93. The normalized spacial score (nSPS) is 13.5. The van der Waals surface area contributed by atoms with Crippen LogP contribution in [0.4, 0.5) is 0 Å². The third-order valence-corrected chi connectivity index (χ3v) is 9.85. The van der Waals surface area contributed by atoms with Gasteiger partial charge in [-0.15, -0.1) is 0 Å². The Balaban J connectivity index is 1.70. The number of sulfonamides is 1. The fraction of sp³-hybridized carbons (Fsp3) is 0.385. The second-order valence-corrected chi connectivity index (χ2v) is 14.5. The summed E-state index contributed by atoms with van der Waals surface area (Å²) < 4.78 is 38.6. The van der Waals surface area contributed by atoms with Crippen molar-refractivity contribution in [3.63, 3.8) is 0 Å². The van der Waals surface area contributed by atoms with Gasteiger partial charge in [-0.3, -0.25) is 0 Å². The molecule has 0 aliphatic heterocycles. The molecule has 45 heavy (non-hydrogen) atoms. The summed E-state index contributed by atoms with van der Waals surface area (Å²) in [7, 11) is -3.95. The van der Waals surface area contributed by atoms with Crippen molar-refractivity contribution in [3.8, 4) is 0 Å². The second kappa shape index (κ2) is 15.8. The molecule has 2 N–H and O–H groups in total. The average molecular weight is 627 g/mol. The standard InChI is InChI=1S/C39H50N2O3S/c1-27(2)34-24-35(28(3)4)39(36(25-34)29(5)6)45(42,43)41-38(33-16-12-9-13-17-33)37(32-14-10-8-11-15-32)40-22-23-44-26-31-20-18-30(7)19-21-31/h8-21,24-25,27-29,37-38,40-41H,22-23,26H2,1-7H3/t37-,38-/m1/s1. The Labute approximate surface area is 271 Å². The molecule has 5 nitrogen and oxygen atoms in total. The number of aryl methyl sites for hydroxylation is 1. The Kier molecular flexibility index (Phi) is 12.2. The number of rotatable bonds is 15. The molecule has 0 amide bonds. The van der Waals surface area contributed by atoms with Crippen molar-refractivity contribution in [2.75, 3.05) is 13.2 Å². The van der Waals surface area contributed by atoms with Gasteiger partial charge in [0.25, 0.3) is 0 Å². The van der Waals surface area contributed by atoms with Crippen molar-refractivity contribution in [3.05, 3.63) is 136 Å². The van der Waals surface area contributed by atoms with Gasteiger partial charge in [0, 0.05) is 6.54 Å². The molecule has 0 fully saturated rings. The average Bonchev–Trinajstić information content (AvgIpc) is 3.02. The molecule has 0 aliphatic rings. The maximum atomic E-state index is 14.7. The van der Waals surface area contributed by atoms with Crippen LogP contribution >= 0.6 is 0 Å². The van der Waals surface area contributed by atoms with E-state index in [0.717, 1.165) is 33.4 Å². The highest BCUT2D eigenvalue weighted by molar-refractivity contribution is 7.89. The van der Waals surface area contributed by atoms with Gasteiger partial charge in [0.15, 0.2) is 0 Å². The quantitative estimate of drug-likeness (QED) is 0.129. The van der Waals surface area contributed by atoms with Crippen LogP contribution in [0.25, 0.3) is 0 Å². The lowest BCUT2D eigenvalue weighted by molar-refractivity contribution is 0.119. The van der Waals surface area contributed by atoms with Crippen LogP contribution < -0.4 is 10.0 Å². The van der Waals surface area contributed by atoms with E-state index in [4.69, 9.17) is 4.74 Å². The largest absolute Gasteiger partial charge is 0.375 e. The third kappa shape index (κ3) is 9.14. The molecule has 4 aromatic carbocycles. The maximum Gasteiger partial charge on any atom is 0.241 e. The van der Waals surface area contributed by atoms with E-state index in [2.05, 4.69) is 94.9 Å². The summed E-state index contributed by atoms with van der Waals surface area (Å²) in [5, 5.41) is 3.65. The molecule has 0 saturated carbocycles. The smallest absolute Gasteiger partial charge is 0.241 e. The van der Waals surface area contributed by atoms with Crippen molar-refractivity contribution < 1.29 is 13.2 Å². The first-order valence-electron chi connectivity index (χ1n) is 16.1. The van der Waals surface area contributed by atoms with Crippen LogP contribution in [0.2, 0.25) is 0 Å². The van der Waals surface area contributed by atoms with Gasteiger partial charge in [0.1, 0.15) is 0 Å². The van der Waals surface area contributed by atoms with Crippen LogP contribution in [0.5, 0.6) is 0 Å². The zero-order valence-corrected chi connectivity index (χ0v) is 28.7. The van der Waals surface area contributed by atoms with Crippen LogP contribution in [0, 0.1) is 6.92 Å². The molecule has 0 radical (unpaired) electrons. The molecule has 0 spiro atoms. The SMILES string of the molecule is Cc1ccc(COCCN[C@H](c2ccccc2)[C@H](NS(=O)(=O)c2c(C(C)C)cc(C(C)C)cc2C(C)C)c2ccccc2)cc1. The van der Waals surface area contributed by atoms with Crippen LogP contribution in [-0.4, -0.2) is 21.6 Å². The van der Waals surface area contributed by atoms with Crippen LogP contribution in [0.1, 0.15) is 110 Å². The Hall–Kier alpha value is -3.29. The second-order valence-electron chi connectivity index (χ2n) is 12.9. The molecule has 6 heteroatoms. The summed E-state index contributed by atoms with van der Waals surface area (Å²) in [5.74, 6) is 0.370. The van der Waals surface area contributed by atoms with Gasteiger partial charge >= 0.3 is 0 Å². The molecule has 0 heterocycles. The first-order valence-corrected chi connectivity index (χ1v) is 17.6. The van der Waals surface area contributed by atoms with Gasteiger partial charge in [0.05, 0.1) is 30.2 Å². The summed E-state index contributed by atoms with van der Waals surface area (Å²) in [6.45, 7) is 16.2. The van der Waals surface area contributed by atoms with Crippen molar-refractivity contribution >= 4 is 10.0 Å². The number of hydrogen-bond acceptors (Lipinski definition) is 4. The number of ether oxygens (including phenoxy) is 1. The molecule has 2 atom stereocenters. The summed E-state index contributed by atoms with van der Waals surface area (Å²) in [4.78, 5) is 0.408. The summed E-state index contributed by atoms with van der Waals surface area (Å²) in [6, 6.07) is 31.5. The fourth-order valence-electron chi connectivity index (χ4n) is 5.66. The molecule has 0 saturated heterocycles. The first-order chi connectivity index (χ1) is 21.5.